The van der Waals surface area contributed by atoms with Crippen LogP contribution in [-0.2, 0) is 16.1 Å². The highest BCUT2D eigenvalue weighted by Crippen LogP contribution is 2.21. The van der Waals surface area contributed by atoms with Crippen molar-refractivity contribution in [3.8, 4) is 5.75 Å². The maximum Gasteiger partial charge on any atom is 0.279 e. The summed E-state index contributed by atoms with van der Waals surface area (Å²) in [6, 6.07) is 20.4. The highest BCUT2D eigenvalue weighted by Gasteiger charge is 2.16. The van der Waals surface area contributed by atoms with E-state index in [1.54, 1.807) is 37.3 Å². The molecule has 4 rings (SSSR count). The largest absolute Gasteiger partial charge is 0.481 e. The van der Waals surface area contributed by atoms with Gasteiger partial charge in [0.25, 0.3) is 11.5 Å². The number of ether oxygens (including phenoxy) is 1. The van der Waals surface area contributed by atoms with E-state index in [0.717, 1.165) is 10.8 Å². The molecule has 1 aromatic heterocycles. The Bertz CT molecular complexity index is 1460. The zero-order valence-electron chi connectivity index (χ0n) is 17.8. The third-order valence-corrected chi connectivity index (χ3v) is 5.50. The normalized spacial score (nSPS) is 11.8. The number of aromatic nitrogens is 2. The molecule has 168 valence electrons. The summed E-state index contributed by atoms with van der Waals surface area (Å²) in [5, 5.41) is 2.55. The highest BCUT2D eigenvalue weighted by atomic mass is 32.1. The van der Waals surface area contributed by atoms with Crippen LogP contribution in [0.2, 0.25) is 0 Å². The fourth-order valence-electron chi connectivity index (χ4n) is 3.41. The summed E-state index contributed by atoms with van der Waals surface area (Å²) in [6.07, 6.45) is -0.876. The minimum atomic E-state index is -0.830. The molecule has 3 N–H and O–H groups in total. The van der Waals surface area contributed by atoms with Gasteiger partial charge in [-0.25, -0.2) is 0 Å². The van der Waals surface area contributed by atoms with Crippen molar-refractivity contribution in [2.75, 3.05) is 0 Å². The van der Waals surface area contributed by atoms with Gasteiger partial charge in [-0.2, -0.15) is 0 Å². The maximum absolute atomic E-state index is 12.6. The standard InChI is InChI=1S/C24H22N4O4S/c1-15(32-18-11-10-16-6-2-3-7-17(16)14-18)22(30)27-26-21(29)12-13-28-23(31)19-8-4-5-9-20(19)25-24(28)33/h2-11,14-15H,12-13H2,1H3,(H,25,33)(H,26,29)(H,27,30). The van der Waals surface area contributed by atoms with Gasteiger partial charge in [-0.1, -0.05) is 42.5 Å². The number of para-hydroxylation sites is 1. The summed E-state index contributed by atoms with van der Waals surface area (Å²) >= 11 is 5.24. The van der Waals surface area contributed by atoms with Crippen LogP contribution in [0.1, 0.15) is 13.3 Å². The molecule has 0 aliphatic carbocycles. The summed E-state index contributed by atoms with van der Waals surface area (Å²) in [5.41, 5.74) is 5.06. The fraction of sp³-hybridized carbons (Fsp3) is 0.167. The van der Waals surface area contributed by atoms with Crippen molar-refractivity contribution in [1.29, 1.82) is 0 Å². The van der Waals surface area contributed by atoms with Crippen molar-refractivity contribution in [2.45, 2.75) is 26.0 Å². The maximum atomic E-state index is 12.6. The number of amides is 2. The van der Waals surface area contributed by atoms with Gasteiger partial charge < -0.3 is 9.72 Å². The first-order chi connectivity index (χ1) is 15.9. The van der Waals surface area contributed by atoms with Crippen molar-refractivity contribution < 1.29 is 14.3 Å². The lowest BCUT2D eigenvalue weighted by Gasteiger charge is -2.15. The molecule has 1 unspecified atom stereocenters. The minimum Gasteiger partial charge on any atom is -0.481 e. The van der Waals surface area contributed by atoms with Gasteiger partial charge in [-0.05, 0) is 54.2 Å². The SMILES string of the molecule is CC(Oc1ccc2ccccc2c1)C(=O)NNC(=O)CCn1c(=S)[nH]c2ccccc2c1=O. The van der Waals surface area contributed by atoms with E-state index in [2.05, 4.69) is 15.8 Å². The number of nitrogens with zero attached hydrogens (tertiary/aromatic N) is 1. The molecule has 0 fully saturated rings. The third-order valence-electron chi connectivity index (χ3n) is 5.18. The number of carbonyl (C=O) groups excluding carboxylic acids is 2. The van der Waals surface area contributed by atoms with Gasteiger partial charge in [-0.15, -0.1) is 0 Å². The van der Waals surface area contributed by atoms with E-state index in [1.807, 2.05) is 36.4 Å². The second-order valence-electron chi connectivity index (χ2n) is 7.49. The lowest BCUT2D eigenvalue weighted by molar-refractivity contribution is -0.132. The molecule has 0 aliphatic heterocycles. The van der Waals surface area contributed by atoms with E-state index in [-0.39, 0.29) is 23.3 Å². The van der Waals surface area contributed by atoms with Gasteiger partial charge in [0.15, 0.2) is 10.9 Å². The van der Waals surface area contributed by atoms with E-state index in [0.29, 0.717) is 16.7 Å². The first-order valence-corrected chi connectivity index (χ1v) is 10.8. The van der Waals surface area contributed by atoms with E-state index in [4.69, 9.17) is 17.0 Å². The van der Waals surface area contributed by atoms with Crippen LogP contribution in [0.5, 0.6) is 5.75 Å². The highest BCUT2D eigenvalue weighted by molar-refractivity contribution is 7.71. The predicted octanol–water partition coefficient (Wildman–Crippen LogP) is 3.22. The molecule has 8 nitrogen and oxygen atoms in total. The minimum absolute atomic E-state index is 0.0457. The molecule has 3 aromatic carbocycles. The van der Waals surface area contributed by atoms with Crippen molar-refractivity contribution in [1.82, 2.24) is 20.4 Å². The predicted molar refractivity (Wildman–Crippen MR) is 128 cm³/mol. The number of hydrogen-bond acceptors (Lipinski definition) is 5. The van der Waals surface area contributed by atoms with Crippen LogP contribution in [0.15, 0.2) is 71.5 Å². The molecule has 0 saturated carbocycles. The number of H-pyrrole nitrogens is 1. The molecule has 9 heteroatoms. The molecule has 1 atom stereocenters. The van der Waals surface area contributed by atoms with Gasteiger partial charge in [0, 0.05) is 13.0 Å². The van der Waals surface area contributed by atoms with Crippen molar-refractivity contribution in [3.63, 3.8) is 0 Å². The average Bonchev–Trinajstić information content (AvgIpc) is 2.82. The molecule has 33 heavy (non-hydrogen) atoms. The second kappa shape index (κ2) is 9.66. The Kier molecular flexibility index (Phi) is 6.50. The zero-order chi connectivity index (χ0) is 23.4. The monoisotopic (exact) mass is 462 g/mol. The molecule has 0 spiro atoms. The molecular formula is C24H22N4O4S. The Morgan fingerprint density at radius 1 is 1.03 bits per heavy atom. The molecule has 0 radical (unpaired) electrons. The lowest BCUT2D eigenvalue weighted by atomic mass is 10.1. The first-order valence-electron chi connectivity index (χ1n) is 10.4. The van der Waals surface area contributed by atoms with Crippen LogP contribution in [0.25, 0.3) is 21.7 Å². The molecule has 1 heterocycles. The summed E-state index contributed by atoms with van der Waals surface area (Å²) in [6.45, 7) is 1.66. The summed E-state index contributed by atoms with van der Waals surface area (Å²) in [4.78, 5) is 40.1. The smallest absolute Gasteiger partial charge is 0.279 e. The number of hydrazine groups is 1. The van der Waals surface area contributed by atoms with Crippen LogP contribution in [0.3, 0.4) is 0 Å². The van der Waals surface area contributed by atoms with Crippen molar-refractivity contribution in [2.24, 2.45) is 0 Å². The first kappa shape index (κ1) is 22.2. The summed E-state index contributed by atoms with van der Waals surface area (Å²) < 4.78 is 7.24. The number of nitrogens with one attached hydrogen (secondary N) is 3. The number of rotatable bonds is 6. The Morgan fingerprint density at radius 2 is 1.76 bits per heavy atom. The van der Waals surface area contributed by atoms with Gasteiger partial charge in [0.05, 0.1) is 10.9 Å². The van der Waals surface area contributed by atoms with Gasteiger partial charge in [0.1, 0.15) is 5.75 Å². The van der Waals surface area contributed by atoms with Crippen LogP contribution in [0.4, 0.5) is 0 Å². The number of hydrogen-bond donors (Lipinski definition) is 3. The molecular weight excluding hydrogens is 440 g/mol. The Labute approximate surface area is 194 Å². The van der Waals surface area contributed by atoms with Gasteiger partial charge in [0.2, 0.25) is 5.91 Å². The van der Waals surface area contributed by atoms with Gasteiger partial charge >= 0.3 is 0 Å². The molecule has 0 aliphatic rings. The number of carbonyl (C=O) groups is 2. The second-order valence-corrected chi connectivity index (χ2v) is 7.88. The third kappa shape index (κ3) is 5.09. The van der Waals surface area contributed by atoms with Crippen LogP contribution in [-0.4, -0.2) is 27.5 Å². The Morgan fingerprint density at radius 3 is 2.58 bits per heavy atom. The number of fused-ring (bicyclic) bond motifs is 2. The van der Waals surface area contributed by atoms with Gasteiger partial charge in [-0.3, -0.25) is 29.8 Å². The Balaban J connectivity index is 1.31. The molecule has 0 bridgehead atoms. The molecule has 4 aromatic rings. The van der Waals surface area contributed by atoms with Crippen molar-refractivity contribution in [3.05, 3.63) is 81.9 Å². The topological polar surface area (TPSA) is 105 Å². The zero-order valence-corrected chi connectivity index (χ0v) is 18.6. The summed E-state index contributed by atoms with van der Waals surface area (Å²) in [5.74, 6) is -0.417. The van der Waals surface area contributed by atoms with E-state index in [9.17, 15) is 14.4 Å². The number of benzene rings is 3. The quantitative estimate of drug-likeness (QED) is 0.301. The van der Waals surface area contributed by atoms with Crippen LogP contribution < -0.4 is 21.1 Å². The van der Waals surface area contributed by atoms with E-state index < -0.39 is 17.9 Å². The average molecular weight is 463 g/mol. The summed E-state index contributed by atoms with van der Waals surface area (Å²) in [7, 11) is 0. The lowest BCUT2D eigenvalue weighted by Crippen LogP contribution is -2.47. The van der Waals surface area contributed by atoms with E-state index >= 15 is 0 Å². The van der Waals surface area contributed by atoms with Crippen LogP contribution >= 0.6 is 12.2 Å². The van der Waals surface area contributed by atoms with E-state index in [1.165, 1.54) is 4.57 Å². The Hall–Kier alpha value is -3.98. The molecule has 0 saturated heterocycles. The van der Waals surface area contributed by atoms with Crippen molar-refractivity contribution >= 4 is 45.7 Å². The number of aromatic amines is 1. The molecule has 2 amide bonds. The van der Waals surface area contributed by atoms with Crippen LogP contribution in [0, 0.1) is 4.77 Å². The fourth-order valence-corrected chi connectivity index (χ4v) is 3.69.